The molecule has 0 radical (unpaired) electrons. The lowest BCUT2D eigenvalue weighted by atomic mass is 10.2. The Morgan fingerprint density at radius 2 is 1.79 bits per heavy atom. The minimum atomic E-state index is -0.162. The first-order valence-electron chi connectivity index (χ1n) is 4.93. The molecule has 0 fully saturated rings. The Morgan fingerprint density at radius 1 is 1.14 bits per heavy atom. The van der Waals surface area contributed by atoms with E-state index in [1.54, 1.807) is 0 Å². The largest absolute Gasteiger partial charge is 0.494 e. The van der Waals surface area contributed by atoms with Gasteiger partial charge in [0, 0.05) is 6.07 Å². The maximum Gasteiger partial charge on any atom is 0.123 e. The standard InChI is InChI=1S/C12H18O2/c1-5-13-10-7-6-8-11(9-10)14-12(2,3)4/h6-9H,5H2,1-4H3. The predicted molar refractivity (Wildman–Crippen MR) is 58.0 cm³/mol. The number of rotatable bonds is 3. The fraction of sp³-hybridized carbons (Fsp3) is 0.500. The molecule has 0 aliphatic rings. The second-order valence-electron chi connectivity index (χ2n) is 4.12. The zero-order chi connectivity index (χ0) is 10.6. The summed E-state index contributed by atoms with van der Waals surface area (Å²) in [5, 5.41) is 0. The molecule has 0 N–H and O–H groups in total. The molecule has 78 valence electrons. The fourth-order valence-corrected chi connectivity index (χ4v) is 1.15. The van der Waals surface area contributed by atoms with Gasteiger partial charge in [-0.3, -0.25) is 0 Å². The number of hydrogen-bond acceptors (Lipinski definition) is 2. The summed E-state index contributed by atoms with van der Waals surface area (Å²) in [7, 11) is 0. The van der Waals surface area contributed by atoms with E-state index in [1.165, 1.54) is 0 Å². The van der Waals surface area contributed by atoms with E-state index in [0.717, 1.165) is 11.5 Å². The van der Waals surface area contributed by atoms with Crippen LogP contribution in [-0.4, -0.2) is 12.2 Å². The average Bonchev–Trinajstić information content (AvgIpc) is 2.02. The van der Waals surface area contributed by atoms with Gasteiger partial charge in [-0.2, -0.15) is 0 Å². The van der Waals surface area contributed by atoms with Gasteiger partial charge in [-0.25, -0.2) is 0 Å². The SMILES string of the molecule is CCOc1cccc(OC(C)(C)C)c1. The highest BCUT2D eigenvalue weighted by atomic mass is 16.5. The van der Waals surface area contributed by atoms with Crippen LogP contribution in [-0.2, 0) is 0 Å². The molecule has 2 nitrogen and oxygen atoms in total. The van der Waals surface area contributed by atoms with Crippen LogP contribution in [0.5, 0.6) is 11.5 Å². The van der Waals surface area contributed by atoms with Gasteiger partial charge in [0.2, 0.25) is 0 Å². The number of hydrogen-bond donors (Lipinski definition) is 0. The van der Waals surface area contributed by atoms with Gasteiger partial charge in [0.25, 0.3) is 0 Å². The molecule has 0 spiro atoms. The average molecular weight is 194 g/mol. The van der Waals surface area contributed by atoms with Crippen LogP contribution in [0.1, 0.15) is 27.7 Å². The lowest BCUT2D eigenvalue weighted by Gasteiger charge is -2.21. The Balaban J connectivity index is 2.73. The normalized spacial score (nSPS) is 11.1. The van der Waals surface area contributed by atoms with Gasteiger partial charge in [0.15, 0.2) is 0 Å². The first-order valence-corrected chi connectivity index (χ1v) is 4.93. The molecule has 0 bridgehead atoms. The van der Waals surface area contributed by atoms with Crippen LogP contribution in [0.2, 0.25) is 0 Å². The highest BCUT2D eigenvalue weighted by Crippen LogP contribution is 2.22. The maximum absolute atomic E-state index is 5.71. The number of benzene rings is 1. The monoisotopic (exact) mass is 194 g/mol. The highest BCUT2D eigenvalue weighted by Gasteiger charge is 2.11. The minimum Gasteiger partial charge on any atom is -0.494 e. The van der Waals surface area contributed by atoms with Gasteiger partial charge in [-0.05, 0) is 39.8 Å². The predicted octanol–water partition coefficient (Wildman–Crippen LogP) is 3.26. The van der Waals surface area contributed by atoms with Crippen molar-refractivity contribution < 1.29 is 9.47 Å². The fourth-order valence-electron chi connectivity index (χ4n) is 1.15. The molecule has 0 atom stereocenters. The molecule has 0 amide bonds. The van der Waals surface area contributed by atoms with E-state index >= 15 is 0 Å². The van der Waals surface area contributed by atoms with Crippen LogP contribution in [0.15, 0.2) is 24.3 Å². The second-order valence-corrected chi connectivity index (χ2v) is 4.12. The van der Waals surface area contributed by atoms with Crippen LogP contribution in [0.4, 0.5) is 0 Å². The molecule has 0 aliphatic carbocycles. The van der Waals surface area contributed by atoms with Crippen molar-refractivity contribution in [1.29, 1.82) is 0 Å². The minimum absolute atomic E-state index is 0.162. The van der Waals surface area contributed by atoms with Crippen molar-refractivity contribution in [3.8, 4) is 11.5 Å². The third kappa shape index (κ3) is 3.69. The molecule has 0 saturated carbocycles. The van der Waals surface area contributed by atoms with Crippen molar-refractivity contribution in [3.05, 3.63) is 24.3 Å². The van der Waals surface area contributed by atoms with Gasteiger partial charge >= 0.3 is 0 Å². The summed E-state index contributed by atoms with van der Waals surface area (Å²) in [4.78, 5) is 0. The van der Waals surface area contributed by atoms with Crippen LogP contribution in [0.3, 0.4) is 0 Å². The summed E-state index contributed by atoms with van der Waals surface area (Å²) in [5.74, 6) is 1.71. The summed E-state index contributed by atoms with van der Waals surface area (Å²) in [6.07, 6.45) is 0. The summed E-state index contributed by atoms with van der Waals surface area (Å²) in [5.41, 5.74) is -0.162. The Kier molecular flexibility index (Phi) is 3.39. The smallest absolute Gasteiger partial charge is 0.123 e. The molecule has 1 aromatic carbocycles. The Hall–Kier alpha value is -1.18. The van der Waals surface area contributed by atoms with Gasteiger partial charge in [-0.1, -0.05) is 6.07 Å². The molecule has 0 saturated heterocycles. The van der Waals surface area contributed by atoms with Crippen LogP contribution < -0.4 is 9.47 Å². The van der Waals surface area contributed by atoms with Crippen molar-refractivity contribution >= 4 is 0 Å². The lowest BCUT2D eigenvalue weighted by molar-refractivity contribution is 0.130. The van der Waals surface area contributed by atoms with Crippen molar-refractivity contribution in [2.24, 2.45) is 0 Å². The van der Waals surface area contributed by atoms with Crippen LogP contribution in [0.25, 0.3) is 0 Å². The van der Waals surface area contributed by atoms with Gasteiger partial charge < -0.3 is 9.47 Å². The quantitative estimate of drug-likeness (QED) is 0.735. The zero-order valence-corrected chi connectivity index (χ0v) is 9.33. The van der Waals surface area contributed by atoms with Crippen LogP contribution in [0, 0.1) is 0 Å². The second kappa shape index (κ2) is 4.36. The molecule has 0 aliphatic heterocycles. The van der Waals surface area contributed by atoms with E-state index in [2.05, 4.69) is 0 Å². The first-order chi connectivity index (χ1) is 6.51. The summed E-state index contributed by atoms with van der Waals surface area (Å²) < 4.78 is 11.1. The molecule has 1 aromatic rings. The molecule has 2 heteroatoms. The molecule has 0 aromatic heterocycles. The van der Waals surface area contributed by atoms with Crippen LogP contribution >= 0.6 is 0 Å². The Bertz CT molecular complexity index is 287. The lowest BCUT2D eigenvalue weighted by Crippen LogP contribution is -2.22. The van der Waals surface area contributed by atoms with Crippen molar-refractivity contribution in [3.63, 3.8) is 0 Å². The first kappa shape index (κ1) is 10.9. The van der Waals surface area contributed by atoms with E-state index in [4.69, 9.17) is 9.47 Å². The van der Waals surface area contributed by atoms with Gasteiger partial charge in [0.05, 0.1) is 6.61 Å². The highest BCUT2D eigenvalue weighted by molar-refractivity contribution is 5.33. The van der Waals surface area contributed by atoms with E-state index in [0.29, 0.717) is 6.61 Å². The molecular formula is C12H18O2. The molecule has 0 unspecified atom stereocenters. The summed E-state index contributed by atoms with van der Waals surface area (Å²) in [6, 6.07) is 7.72. The zero-order valence-electron chi connectivity index (χ0n) is 9.33. The molecular weight excluding hydrogens is 176 g/mol. The van der Waals surface area contributed by atoms with Crippen molar-refractivity contribution in [2.45, 2.75) is 33.3 Å². The third-order valence-electron chi connectivity index (χ3n) is 1.54. The van der Waals surface area contributed by atoms with Gasteiger partial charge in [0.1, 0.15) is 17.1 Å². The summed E-state index contributed by atoms with van der Waals surface area (Å²) >= 11 is 0. The molecule has 0 heterocycles. The third-order valence-corrected chi connectivity index (χ3v) is 1.54. The van der Waals surface area contributed by atoms with Crippen molar-refractivity contribution in [2.75, 3.05) is 6.61 Å². The number of ether oxygens (including phenoxy) is 2. The van der Waals surface area contributed by atoms with E-state index in [1.807, 2.05) is 52.0 Å². The Morgan fingerprint density at radius 3 is 2.36 bits per heavy atom. The topological polar surface area (TPSA) is 18.5 Å². The van der Waals surface area contributed by atoms with E-state index in [9.17, 15) is 0 Å². The van der Waals surface area contributed by atoms with Gasteiger partial charge in [-0.15, -0.1) is 0 Å². The maximum atomic E-state index is 5.71. The Labute approximate surface area is 85.8 Å². The molecule has 1 rings (SSSR count). The summed E-state index contributed by atoms with van der Waals surface area (Å²) in [6.45, 7) is 8.73. The van der Waals surface area contributed by atoms with E-state index in [-0.39, 0.29) is 5.60 Å². The molecule has 14 heavy (non-hydrogen) atoms. The van der Waals surface area contributed by atoms with E-state index < -0.39 is 0 Å². The van der Waals surface area contributed by atoms with Crippen molar-refractivity contribution in [1.82, 2.24) is 0 Å².